The van der Waals surface area contributed by atoms with Crippen molar-refractivity contribution in [2.24, 2.45) is 0 Å². The van der Waals surface area contributed by atoms with Crippen LogP contribution in [0, 0.1) is 31.9 Å². The Balaban J connectivity index is 0.000000221. The molecule has 1 heterocycles. The van der Waals surface area contributed by atoms with Gasteiger partial charge in [-0.05, 0) is 60.7 Å². The third-order valence-electron chi connectivity index (χ3n) is 6.73. The van der Waals surface area contributed by atoms with Gasteiger partial charge in [-0.1, -0.05) is 12.7 Å². The van der Waals surface area contributed by atoms with Crippen LogP contribution in [0.25, 0.3) is 0 Å². The van der Waals surface area contributed by atoms with E-state index in [2.05, 4.69) is 6.58 Å². The molecule has 1 fully saturated rings. The Hall–Kier alpha value is -5.26. The van der Waals surface area contributed by atoms with Crippen molar-refractivity contribution in [3.05, 3.63) is 141 Å². The SMILES string of the molecule is C=CCOc1ccc([N+](=O)[O-])cc1CS(=O)(=O)c1ccc(F)cc1.O=[N+]([O-])c1ccc(OCC2CO2)c(CS(=O)(=O)c2ccc(F)cc2)c1. The van der Waals surface area contributed by atoms with Gasteiger partial charge in [-0.3, -0.25) is 20.2 Å². The van der Waals surface area contributed by atoms with Crippen molar-refractivity contribution in [2.45, 2.75) is 27.4 Å². The van der Waals surface area contributed by atoms with Crippen LogP contribution in [0.1, 0.15) is 11.1 Å². The number of halogens is 2. The first-order valence-corrected chi connectivity index (χ1v) is 17.5. The van der Waals surface area contributed by atoms with E-state index in [1.807, 2.05) is 0 Å². The van der Waals surface area contributed by atoms with E-state index in [-0.39, 0.29) is 63.1 Å². The standard InChI is InChI=1S/C16H14FNO6S.C16H14FNO5S/c17-12-1-4-15(5-2-12)25(21,22)10-11-7-13(18(19)20)3-6-16(11)24-9-14-8-23-14;1-2-9-23-16-8-5-14(18(19)20)10-12(16)11-24(21,22)15-6-3-13(17)4-7-15/h1-7,14H,8-10H2;2-8,10H,1,9,11H2. The molecule has 1 unspecified atom stereocenters. The van der Waals surface area contributed by atoms with Crippen molar-refractivity contribution in [3.63, 3.8) is 0 Å². The third kappa shape index (κ3) is 10.4. The molecule has 0 spiro atoms. The van der Waals surface area contributed by atoms with E-state index >= 15 is 0 Å². The van der Waals surface area contributed by atoms with Crippen LogP contribution in [0.2, 0.25) is 0 Å². The normalized spacial score (nSPS) is 13.8. The van der Waals surface area contributed by atoms with Crippen LogP contribution in [-0.4, -0.2) is 52.6 Å². The molecule has 0 aliphatic carbocycles. The molecule has 258 valence electrons. The Morgan fingerprint density at radius 3 is 1.51 bits per heavy atom. The van der Waals surface area contributed by atoms with Crippen LogP contribution in [-0.2, 0) is 35.9 Å². The molecule has 0 N–H and O–H groups in total. The number of ether oxygens (including phenoxy) is 3. The monoisotopic (exact) mass is 718 g/mol. The minimum atomic E-state index is -3.82. The van der Waals surface area contributed by atoms with Crippen molar-refractivity contribution in [1.82, 2.24) is 0 Å². The Labute approximate surface area is 279 Å². The zero-order chi connectivity index (χ0) is 35.8. The number of rotatable bonds is 14. The molecule has 5 rings (SSSR count). The summed E-state index contributed by atoms with van der Waals surface area (Å²) in [5, 5.41) is 21.9. The van der Waals surface area contributed by atoms with E-state index in [1.165, 1.54) is 36.4 Å². The largest absolute Gasteiger partial charge is 0.490 e. The average Bonchev–Trinajstić information content (AvgIpc) is 3.88. The van der Waals surface area contributed by atoms with Crippen LogP contribution < -0.4 is 9.47 Å². The predicted octanol–water partition coefficient (Wildman–Crippen LogP) is 5.76. The summed E-state index contributed by atoms with van der Waals surface area (Å²) in [6, 6.07) is 16.3. The molecular weight excluding hydrogens is 690 g/mol. The molecule has 0 bridgehead atoms. The molecule has 0 radical (unpaired) electrons. The Kier molecular flexibility index (Phi) is 11.8. The van der Waals surface area contributed by atoms with Gasteiger partial charge in [0.15, 0.2) is 19.7 Å². The fraction of sp³-hybridized carbons (Fsp3) is 0.188. The van der Waals surface area contributed by atoms with Gasteiger partial charge in [0.2, 0.25) is 0 Å². The number of sulfone groups is 2. The zero-order valence-corrected chi connectivity index (χ0v) is 27.1. The maximum absolute atomic E-state index is 13.0. The maximum Gasteiger partial charge on any atom is 0.270 e. The molecule has 4 aromatic carbocycles. The Bertz CT molecular complexity index is 2050. The molecule has 1 atom stereocenters. The van der Waals surface area contributed by atoms with Crippen molar-refractivity contribution < 1.29 is 49.7 Å². The average molecular weight is 719 g/mol. The van der Waals surface area contributed by atoms with Gasteiger partial charge in [0.1, 0.15) is 42.5 Å². The lowest BCUT2D eigenvalue weighted by Gasteiger charge is -2.11. The smallest absolute Gasteiger partial charge is 0.270 e. The van der Waals surface area contributed by atoms with Gasteiger partial charge in [-0.15, -0.1) is 0 Å². The first-order chi connectivity index (χ1) is 23.2. The summed E-state index contributed by atoms with van der Waals surface area (Å²) >= 11 is 0. The lowest BCUT2D eigenvalue weighted by atomic mass is 10.2. The number of benzene rings is 4. The number of epoxide rings is 1. The van der Waals surface area contributed by atoms with Crippen molar-refractivity contribution in [3.8, 4) is 11.5 Å². The van der Waals surface area contributed by atoms with Gasteiger partial charge in [0.25, 0.3) is 11.4 Å². The lowest BCUT2D eigenvalue weighted by molar-refractivity contribution is -0.385. The predicted molar refractivity (Wildman–Crippen MR) is 172 cm³/mol. The zero-order valence-electron chi connectivity index (χ0n) is 25.4. The molecule has 49 heavy (non-hydrogen) atoms. The summed E-state index contributed by atoms with van der Waals surface area (Å²) < 4.78 is 91.8. The van der Waals surface area contributed by atoms with E-state index < -0.39 is 52.7 Å². The fourth-order valence-electron chi connectivity index (χ4n) is 4.22. The number of non-ortho nitro benzene ring substituents is 2. The van der Waals surface area contributed by atoms with E-state index in [0.717, 1.165) is 54.6 Å². The summed E-state index contributed by atoms with van der Waals surface area (Å²) in [6.07, 6.45) is 1.43. The quantitative estimate of drug-likeness (QED) is 0.0508. The summed E-state index contributed by atoms with van der Waals surface area (Å²) in [6.45, 7) is 4.42. The first kappa shape index (κ1) is 36.6. The number of hydrogen-bond acceptors (Lipinski definition) is 11. The van der Waals surface area contributed by atoms with E-state index in [4.69, 9.17) is 14.2 Å². The molecule has 4 aromatic rings. The molecule has 13 nitrogen and oxygen atoms in total. The van der Waals surface area contributed by atoms with E-state index in [9.17, 15) is 45.8 Å². The second-order valence-electron chi connectivity index (χ2n) is 10.4. The highest BCUT2D eigenvalue weighted by atomic mass is 32.2. The van der Waals surface area contributed by atoms with Gasteiger partial charge >= 0.3 is 0 Å². The lowest BCUT2D eigenvalue weighted by Crippen LogP contribution is -2.10. The van der Waals surface area contributed by atoms with Gasteiger partial charge < -0.3 is 14.2 Å². The summed E-state index contributed by atoms with van der Waals surface area (Å²) in [7, 11) is -7.63. The molecule has 0 amide bonds. The van der Waals surface area contributed by atoms with Crippen LogP contribution in [0.15, 0.2) is 107 Å². The highest BCUT2D eigenvalue weighted by Gasteiger charge is 2.26. The minimum absolute atomic E-state index is 0.0447. The Morgan fingerprint density at radius 1 is 0.735 bits per heavy atom. The maximum atomic E-state index is 13.0. The highest BCUT2D eigenvalue weighted by Crippen LogP contribution is 2.30. The topological polar surface area (TPSA) is 186 Å². The summed E-state index contributed by atoms with van der Waals surface area (Å²) in [4.78, 5) is 20.5. The van der Waals surface area contributed by atoms with Crippen molar-refractivity contribution in [1.29, 1.82) is 0 Å². The molecule has 1 aliphatic heterocycles. The van der Waals surface area contributed by atoms with Gasteiger partial charge in [0, 0.05) is 35.4 Å². The Morgan fingerprint density at radius 2 is 1.14 bits per heavy atom. The molecule has 0 aromatic heterocycles. The van der Waals surface area contributed by atoms with Gasteiger partial charge in [-0.2, -0.15) is 0 Å². The number of nitro groups is 2. The first-order valence-electron chi connectivity index (χ1n) is 14.2. The summed E-state index contributed by atoms with van der Waals surface area (Å²) in [5.41, 5.74) is -0.167. The molecule has 1 saturated heterocycles. The van der Waals surface area contributed by atoms with E-state index in [1.54, 1.807) is 0 Å². The molecule has 17 heteroatoms. The van der Waals surface area contributed by atoms with Crippen LogP contribution in [0.4, 0.5) is 20.2 Å². The number of nitro benzene ring substituents is 2. The van der Waals surface area contributed by atoms with E-state index in [0.29, 0.717) is 6.61 Å². The van der Waals surface area contributed by atoms with Crippen LogP contribution in [0.3, 0.4) is 0 Å². The number of nitrogens with zero attached hydrogens (tertiary/aromatic N) is 2. The highest BCUT2D eigenvalue weighted by molar-refractivity contribution is 7.91. The van der Waals surface area contributed by atoms with Gasteiger partial charge in [-0.25, -0.2) is 25.6 Å². The van der Waals surface area contributed by atoms with Crippen LogP contribution in [0.5, 0.6) is 11.5 Å². The molecule has 1 aliphatic rings. The van der Waals surface area contributed by atoms with Crippen LogP contribution >= 0.6 is 0 Å². The second kappa shape index (κ2) is 15.8. The molecular formula is C32H28F2N2O11S2. The summed E-state index contributed by atoms with van der Waals surface area (Å²) in [5.74, 6) is -1.66. The van der Waals surface area contributed by atoms with Crippen molar-refractivity contribution in [2.75, 3.05) is 19.8 Å². The second-order valence-corrected chi connectivity index (χ2v) is 14.4. The fourth-order valence-corrected chi connectivity index (χ4v) is 6.93. The number of hydrogen-bond donors (Lipinski definition) is 0. The van der Waals surface area contributed by atoms with Crippen molar-refractivity contribution >= 4 is 31.0 Å². The third-order valence-corrected chi connectivity index (χ3v) is 10.1. The van der Waals surface area contributed by atoms with Gasteiger partial charge in [0.05, 0.1) is 37.8 Å². The molecule has 0 saturated carbocycles. The minimum Gasteiger partial charge on any atom is -0.490 e.